The maximum atomic E-state index is 11.5. The molecule has 0 amide bonds. The van der Waals surface area contributed by atoms with Crippen molar-refractivity contribution in [3.63, 3.8) is 0 Å². The molecule has 3 nitrogen and oxygen atoms in total. The molecular weight excluding hydrogens is 264 g/mol. The summed E-state index contributed by atoms with van der Waals surface area (Å²) in [7, 11) is 1.44. The topological polar surface area (TPSA) is 35.5 Å². The van der Waals surface area contributed by atoms with Crippen molar-refractivity contribution in [1.29, 1.82) is 0 Å². The van der Waals surface area contributed by atoms with Gasteiger partial charge in [-0.25, -0.2) is 0 Å². The maximum Gasteiger partial charge on any atom is 0.305 e. The van der Waals surface area contributed by atoms with Crippen molar-refractivity contribution in [3.8, 4) is 0 Å². The number of methoxy groups -OCH3 is 1. The summed E-state index contributed by atoms with van der Waals surface area (Å²) in [6.45, 7) is 7.09. The fourth-order valence-electron chi connectivity index (χ4n) is 2.68. The second kappa shape index (κ2) is 9.78. The van der Waals surface area contributed by atoms with Gasteiger partial charge in [0.05, 0.1) is 26.2 Å². The Balaban J connectivity index is 2.72. The van der Waals surface area contributed by atoms with Gasteiger partial charge < -0.3 is 9.47 Å². The Morgan fingerprint density at radius 2 is 2.19 bits per heavy atom. The molecule has 2 atom stereocenters. The first-order valence-corrected chi connectivity index (χ1v) is 8.08. The van der Waals surface area contributed by atoms with Gasteiger partial charge in [0.15, 0.2) is 0 Å². The molecule has 0 saturated heterocycles. The lowest BCUT2D eigenvalue weighted by Gasteiger charge is -2.23. The minimum atomic E-state index is -0.154. The fraction of sp³-hybridized carbons (Fsp3) is 0.722. The molecule has 0 aliphatic carbocycles. The van der Waals surface area contributed by atoms with E-state index in [2.05, 4.69) is 32.9 Å². The molecule has 0 aromatic heterocycles. The molecule has 1 aliphatic heterocycles. The molecule has 2 unspecified atom stereocenters. The maximum absolute atomic E-state index is 11.5. The lowest BCUT2D eigenvalue weighted by Crippen LogP contribution is -2.25. The highest BCUT2D eigenvalue weighted by molar-refractivity contribution is 5.69. The standard InChI is InChI=1S/C18H30O3/c1-5-16-8-6-7-14(2)11-12-21-17(10-9-16)15(3)13-18(19)20-4/h8,11,15,17H,5-7,9-10,12-13H2,1-4H3. The molecule has 0 saturated carbocycles. The highest BCUT2D eigenvalue weighted by Gasteiger charge is 2.21. The molecule has 0 radical (unpaired) electrons. The molecule has 3 heteroatoms. The van der Waals surface area contributed by atoms with Crippen LogP contribution in [-0.4, -0.2) is 25.8 Å². The van der Waals surface area contributed by atoms with E-state index in [1.54, 1.807) is 0 Å². The summed E-state index contributed by atoms with van der Waals surface area (Å²) in [5, 5.41) is 0. The van der Waals surface area contributed by atoms with Crippen LogP contribution in [0.15, 0.2) is 23.3 Å². The third kappa shape index (κ3) is 6.94. The summed E-state index contributed by atoms with van der Waals surface area (Å²) in [5.74, 6) is 0.0309. The lowest BCUT2D eigenvalue weighted by atomic mass is 9.94. The van der Waals surface area contributed by atoms with Crippen molar-refractivity contribution in [2.24, 2.45) is 5.92 Å². The number of hydrogen-bond acceptors (Lipinski definition) is 3. The van der Waals surface area contributed by atoms with E-state index in [4.69, 9.17) is 9.47 Å². The van der Waals surface area contributed by atoms with E-state index in [1.165, 1.54) is 18.3 Å². The largest absolute Gasteiger partial charge is 0.469 e. The van der Waals surface area contributed by atoms with Crippen LogP contribution in [0, 0.1) is 5.92 Å². The van der Waals surface area contributed by atoms with Crippen molar-refractivity contribution < 1.29 is 14.3 Å². The van der Waals surface area contributed by atoms with E-state index < -0.39 is 0 Å². The number of carbonyl (C=O) groups excluding carboxylic acids is 1. The van der Waals surface area contributed by atoms with Crippen LogP contribution in [0.4, 0.5) is 0 Å². The van der Waals surface area contributed by atoms with Crippen LogP contribution in [-0.2, 0) is 14.3 Å². The van der Waals surface area contributed by atoms with Crippen LogP contribution in [0.1, 0.15) is 59.3 Å². The van der Waals surface area contributed by atoms with Crippen LogP contribution in [0.3, 0.4) is 0 Å². The van der Waals surface area contributed by atoms with E-state index in [0.717, 1.165) is 32.1 Å². The molecule has 0 fully saturated rings. The second-order valence-corrected chi connectivity index (χ2v) is 5.97. The number of esters is 1. The highest BCUT2D eigenvalue weighted by atomic mass is 16.5. The second-order valence-electron chi connectivity index (χ2n) is 5.97. The average Bonchev–Trinajstić information content (AvgIpc) is 2.51. The number of rotatable bonds is 4. The summed E-state index contributed by atoms with van der Waals surface area (Å²) in [6, 6.07) is 0. The van der Waals surface area contributed by atoms with Crippen molar-refractivity contribution >= 4 is 5.97 Å². The van der Waals surface area contributed by atoms with E-state index in [9.17, 15) is 4.79 Å². The molecule has 1 heterocycles. The molecule has 1 rings (SSSR count). The molecule has 120 valence electrons. The van der Waals surface area contributed by atoms with Gasteiger partial charge in [-0.3, -0.25) is 4.79 Å². The number of allylic oxidation sites excluding steroid dienone is 3. The molecule has 0 aromatic carbocycles. The van der Waals surface area contributed by atoms with Crippen LogP contribution >= 0.6 is 0 Å². The van der Waals surface area contributed by atoms with E-state index in [0.29, 0.717) is 13.0 Å². The smallest absolute Gasteiger partial charge is 0.305 e. The van der Waals surface area contributed by atoms with Crippen molar-refractivity contribution in [2.45, 2.75) is 65.4 Å². The third-order valence-electron chi connectivity index (χ3n) is 4.27. The Labute approximate surface area is 129 Å². The number of hydrogen-bond donors (Lipinski definition) is 0. The zero-order valence-corrected chi connectivity index (χ0v) is 14.0. The van der Waals surface area contributed by atoms with Crippen molar-refractivity contribution in [1.82, 2.24) is 0 Å². The van der Waals surface area contributed by atoms with E-state index in [1.807, 2.05) is 0 Å². The van der Waals surface area contributed by atoms with Gasteiger partial charge in [0.2, 0.25) is 0 Å². The Morgan fingerprint density at radius 3 is 2.86 bits per heavy atom. The van der Waals surface area contributed by atoms with Crippen LogP contribution in [0.2, 0.25) is 0 Å². The minimum Gasteiger partial charge on any atom is -0.469 e. The number of ether oxygens (including phenoxy) is 2. The summed E-state index contributed by atoms with van der Waals surface area (Å²) in [5.41, 5.74) is 2.88. The van der Waals surface area contributed by atoms with Gasteiger partial charge >= 0.3 is 5.97 Å². The van der Waals surface area contributed by atoms with E-state index >= 15 is 0 Å². The Morgan fingerprint density at radius 1 is 1.43 bits per heavy atom. The summed E-state index contributed by atoms with van der Waals surface area (Å²) in [4.78, 5) is 11.5. The van der Waals surface area contributed by atoms with Crippen LogP contribution in [0.25, 0.3) is 0 Å². The Kier molecular flexibility index (Phi) is 8.36. The molecule has 21 heavy (non-hydrogen) atoms. The summed E-state index contributed by atoms with van der Waals surface area (Å²) >= 11 is 0. The first-order chi connectivity index (χ1) is 10.1. The highest BCUT2D eigenvalue weighted by Crippen LogP contribution is 2.23. The first kappa shape index (κ1) is 18.0. The molecular formula is C18H30O3. The molecule has 0 aromatic rings. The fourth-order valence-corrected chi connectivity index (χ4v) is 2.68. The van der Waals surface area contributed by atoms with Crippen molar-refractivity contribution in [3.05, 3.63) is 23.3 Å². The predicted octanol–water partition coefficient (Wildman–Crippen LogP) is 4.43. The van der Waals surface area contributed by atoms with Crippen LogP contribution in [0.5, 0.6) is 0 Å². The Bertz CT molecular complexity index is 382. The third-order valence-corrected chi connectivity index (χ3v) is 4.27. The van der Waals surface area contributed by atoms with Gasteiger partial charge in [-0.2, -0.15) is 0 Å². The van der Waals surface area contributed by atoms with Crippen molar-refractivity contribution in [2.75, 3.05) is 13.7 Å². The molecule has 0 N–H and O–H groups in total. The quantitative estimate of drug-likeness (QED) is 0.568. The molecule has 0 bridgehead atoms. The summed E-state index contributed by atoms with van der Waals surface area (Å²) in [6.07, 6.45) is 10.4. The van der Waals surface area contributed by atoms with Gasteiger partial charge in [-0.15, -0.1) is 0 Å². The average molecular weight is 294 g/mol. The normalized spacial score (nSPS) is 22.6. The van der Waals surface area contributed by atoms with Gasteiger partial charge in [-0.1, -0.05) is 37.1 Å². The number of carbonyl (C=O) groups is 1. The predicted molar refractivity (Wildman–Crippen MR) is 86.1 cm³/mol. The SMILES string of the molecule is CCC1=CCCC(C)=CCOC(C(C)CC(=O)OC)CC1. The zero-order valence-electron chi connectivity index (χ0n) is 14.0. The minimum absolute atomic E-state index is 0.112. The van der Waals surface area contributed by atoms with Gasteiger partial charge in [0, 0.05) is 0 Å². The van der Waals surface area contributed by atoms with E-state index in [-0.39, 0.29) is 18.0 Å². The summed E-state index contributed by atoms with van der Waals surface area (Å²) < 4.78 is 10.8. The lowest BCUT2D eigenvalue weighted by molar-refractivity contribution is -0.143. The van der Waals surface area contributed by atoms with Gasteiger partial charge in [-0.05, 0) is 44.9 Å². The zero-order chi connectivity index (χ0) is 15.7. The monoisotopic (exact) mass is 294 g/mol. The van der Waals surface area contributed by atoms with Crippen LogP contribution < -0.4 is 0 Å². The Hall–Kier alpha value is -1.09. The van der Waals surface area contributed by atoms with Gasteiger partial charge in [0.1, 0.15) is 0 Å². The first-order valence-electron chi connectivity index (χ1n) is 8.08. The molecule has 1 aliphatic rings. The molecule has 0 spiro atoms. The van der Waals surface area contributed by atoms with Gasteiger partial charge in [0.25, 0.3) is 0 Å².